The molecule has 36 heavy (non-hydrogen) atoms. The molecule has 1 saturated heterocycles. The van der Waals surface area contributed by atoms with Crippen LogP contribution in [0.4, 0.5) is 17.3 Å². The Hall–Kier alpha value is -3.72. The normalized spacial score (nSPS) is 23.7. The van der Waals surface area contributed by atoms with E-state index >= 15 is 0 Å². The van der Waals surface area contributed by atoms with Crippen molar-refractivity contribution in [3.63, 3.8) is 0 Å². The Labute approximate surface area is 209 Å². The smallest absolute Gasteiger partial charge is 0.229 e. The van der Waals surface area contributed by atoms with Crippen LogP contribution in [0.3, 0.4) is 0 Å². The van der Waals surface area contributed by atoms with E-state index in [-0.39, 0.29) is 24.0 Å². The molecule has 2 N–H and O–H groups in total. The molecular formula is C27H30N6O3. The van der Waals surface area contributed by atoms with Crippen molar-refractivity contribution in [2.24, 2.45) is 11.8 Å². The monoisotopic (exact) mass is 486 g/mol. The number of nitrogens with one attached hydrogen (secondary N) is 2. The zero-order valence-electron chi connectivity index (χ0n) is 20.9. The molecule has 0 bridgehead atoms. The molecule has 2 aliphatic rings. The Balaban J connectivity index is 1.38. The van der Waals surface area contributed by atoms with Gasteiger partial charge in [-0.1, -0.05) is 6.92 Å². The molecule has 0 spiro atoms. The molecule has 4 atom stereocenters. The first-order chi connectivity index (χ1) is 17.4. The molecule has 3 aromatic heterocycles. The van der Waals surface area contributed by atoms with E-state index in [1.54, 1.807) is 12.4 Å². The number of hydrogen-bond donors (Lipinski definition) is 2. The first-order valence-corrected chi connectivity index (χ1v) is 12.5. The number of oxazole rings is 1. The first kappa shape index (κ1) is 22.7. The van der Waals surface area contributed by atoms with Crippen LogP contribution in [0.2, 0.25) is 0 Å². The van der Waals surface area contributed by atoms with Gasteiger partial charge in [-0.15, -0.1) is 0 Å². The van der Waals surface area contributed by atoms with Gasteiger partial charge in [0.1, 0.15) is 17.2 Å². The highest BCUT2D eigenvalue weighted by Crippen LogP contribution is 2.39. The molecule has 0 radical (unpaired) electrons. The van der Waals surface area contributed by atoms with Gasteiger partial charge in [-0.2, -0.15) is 0 Å². The highest BCUT2D eigenvalue weighted by molar-refractivity contribution is 6.03. The Morgan fingerprint density at radius 1 is 1.06 bits per heavy atom. The van der Waals surface area contributed by atoms with Gasteiger partial charge in [0, 0.05) is 54.9 Å². The number of anilines is 3. The van der Waals surface area contributed by atoms with E-state index in [0.717, 1.165) is 47.1 Å². The molecule has 4 aromatic rings. The van der Waals surface area contributed by atoms with Gasteiger partial charge in [-0.3, -0.25) is 4.79 Å². The summed E-state index contributed by atoms with van der Waals surface area (Å²) < 4.78 is 12.1. The molecule has 0 unspecified atom stereocenters. The molecule has 186 valence electrons. The van der Waals surface area contributed by atoms with Crippen molar-refractivity contribution in [2.75, 3.05) is 35.7 Å². The number of aromatic nitrogens is 3. The molecule has 1 aliphatic carbocycles. The van der Waals surface area contributed by atoms with Crippen LogP contribution in [0, 0.1) is 11.8 Å². The van der Waals surface area contributed by atoms with Crippen molar-refractivity contribution >= 4 is 45.1 Å². The Bertz CT molecular complexity index is 1460. The minimum Gasteiger partial charge on any atom is -0.436 e. The summed E-state index contributed by atoms with van der Waals surface area (Å²) in [5, 5.41) is 7.76. The summed E-state index contributed by atoms with van der Waals surface area (Å²) in [6.07, 6.45) is 4.75. The van der Waals surface area contributed by atoms with E-state index in [0.29, 0.717) is 29.0 Å². The molecule has 9 heteroatoms. The predicted molar refractivity (Wildman–Crippen MR) is 140 cm³/mol. The third-order valence-electron chi connectivity index (χ3n) is 7.09. The highest BCUT2D eigenvalue weighted by atomic mass is 16.5. The van der Waals surface area contributed by atoms with Crippen LogP contribution < -0.4 is 15.5 Å². The number of fused-ring (bicyclic) bond motifs is 2. The van der Waals surface area contributed by atoms with Gasteiger partial charge in [-0.25, -0.2) is 15.0 Å². The Morgan fingerprint density at radius 2 is 1.83 bits per heavy atom. The minimum atomic E-state index is 0.0138. The van der Waals surface area contributed by atoms with Crippen molar-refractivity contribution in [2.45, 2.75) is 39.4 Å². The topological polar surface area (TPSA) is 105 Å². The molecular weight excluding hydrogens is 456 g/mol. The largest absolute Gasteiger partial charge is 0.436 e. The van der Waals surface area contributed by atoms with Crippen LogP contribution >= 0.6 is 0 Å². The van der Waals surface area contributed by atoms with Gasteiger partial charge in [0.2, 0.25) is 11.8 Å². The van der Waals surface area contributed by atoms with Gasteiger partial charge < -0.3 is 24.7 Å². The second-order valence-corrected chi connectivity index (χ2v) is 10.0. The number of pyridine rings is 2. The van der Waals surface area contributed by atoms with Crippen molar-refractivity contribution in [1.29, 1.82) is 0 Å². The zero-order valence-corrected chi connectivity index (χ0v) is 20.9. The van der Waals surface area contributed by atoms with Gasteiger partial charge in [0.05, 0.1) is 17.8 Å². The minimum absolute atomic E-state index is 0.0138. The van der Waals surface area contributed by atoms with Crippen molar-refractivity contribution in [3.8, 4) is 11.5 Å². The average Bonchev–Trinajstić information content (AvgIpc) is 3.44. The van der Waals surface area contributed by atoms with Gasteiger partial charge in [0.25, 0.3) is 0 Å². The van der Waals surface area contributed by atoms with Crippen molar-refractivity contribution in [1.82, 2.24) is 15.0 Å². The predicted octanol–water partition coefficient (Wildman–Crippen LogP) is 4.69. The lowest BCUT2D eigenvalue weighted by Gasteiger charge is -2.36. The number of carbonyl (C=O) groups excluding carboxylic acids is 1. The van der Waals surface area contributed by atoms with E-state index in [1.807, 2.05) is 19.2 Å². The van der Waals surface area contributed by atoms with Crippen LogP contribution in [-0.2, 0) is 9.53 Å². The number of ether oxygens (including phenoxy) is 1. The summed E-state index contributed by atoms with van der Waals surface area (Å²) in [7, 11) is 1.82. The molecule has 1 aliphatic heterocycles. The summed E-state index contributed by atoms with van der Waals surface area (Å²) in [4.78, 5) is 28.7. The summed E-state index contributed by atoms with van der Waals surface area (Å²) in [5.41, 5.74) is 3.33. The lowest BCUT2D eigenvalue weighted by Crippen LogP contribution is -2.45. The number of rotatable bonds is 5. The number of nitrogens with zero attached hydrogens (tertiary/aromatic N) is 4. The van der Waals surface area contributed by atoms with E-state index in [9.17, 15) is 4.79 Å². The summed E-state index contributed by atoms with van der Waals surface area (Å²) >= 11 is 0. The van der Waals surface area contributed by atoms with Crippen LogP contribution in [0.5, 0.6) is 0 Å². The molecule has 4 heterocycles. The quantitative estimate of drug-likeness (QED) is 0.419. The van der Waals surface area contributed by atoms with Crippen LogP contribution in [-0.4, -0.2) is 53.2 Å². The lowest BCUT2D eigenvalue weighted by atomic mass is 10.1. The number of morpholine rings is 1. The molecule has 9 nitrogen and oxygen atoms in total. The molecule has 1 amide bonds. The fraction of sp³-hybridized carbons (Fsp3) is 0.407. The number of benzene rings is 1. The fourth-order valence-electron chi connectivity index (χ4n) is 5.10. The summed E-state index contributed by atoms with van der Waals surface area (Å²) in [5.74, 6) is 2.19. The first-order valence-electron chi connectivity index (χ1n) is 12.5. The average molecular weight is 487 g/mol. The lowest BCUT2D eigenvalue weighted by molar-refractivity contribution is -0.117. The van der Waals surface area contributed by atoms with Crippen LogP contribution in [0.15, 0.2) is 41.1 Å². The van der Waals surface area contributed by atoms with Crippen LogP contribution in [0.1, 0.15) is 27.2 Å². The van der Waals surface area contributed by atoms with E-state index < -0.39 is 0 Å². The van der Waals surface area contributed by atoms with Crippen molar-refractivity contribution < 1.29 is 13.9 Å². The second kappa shape index (κ2) is 8.74. The van der Waals surface area contributed by atoms with Gasteiger partial charge in [-0.05, 0) is 50.5 Å². The van der Waals surface area contributed by atoms with Crippen molar-refractivity contribution in [3.05, 3.63) is 36.7 Å². The SMILES string of the molecule is CNc1ncc(-c2nc3cc(N4C[C@H](C)O[C@@H](C)C4)ccc3o2)c2cc(NC(=O)[C@H]3C[C@H]3C)ncc12. The summed E-state index contributed by atoms with van der Waals surface area (Å²) in [6, 6.07) is 7.97. The van der Waals surface area contributed by atoms with Crippen LogP contribution in [0.25, 0.3) is 33.3 Å². The van der Waals surface area contributed by atoms with Gasteiger partial charge in [0.15, 0.2) is 5.58 Å². The molecule has 6 rings (SSSR count). The Morgan fingerprint density at radius 3 is 2.56 bits per heavy atom. The Kier molecular flexibility index (Phi) is 5.52. The molecule has 1 aromatic carbocycles. The van der Waals surface area contributed by atoms with E-state index in [2.05, 4.69) is 58.4 Å². The maximum atomic E-state index is 12.5. The maximum Gasteiger partial charge on any atom is 0.229 e. The second-order valence-electron chi connectivity index (χ2n) is 10.0. The van der Waals surface area contributed by atoms with Gasteiger partial charge >= 0.3 is 0 Å². The molecule has 2 fully saturated rings. The van der Waals surface area contributed by atoms with E-state index in [1.165, 1.54) is 0 Å². The highest BCUT2D eigenvalue weighted by Gasteiger charge is 2.39. The van der Waals surface area contributed by atoms with E-state index in [4.69, 9.17) is 14.1 Å². The fourth-order valence-corrected chi connectivity index (χ4v) is 5.10. The number of carbonyl (C=O) groups is 1. The standard InChI is InChI=1S/C27H30N6O3/c1-14-7-18(14)26(34)32-24-9-19-20(10-29-24)25(28-4)30-11-21(19)27-31-22-8-17(5-6-23(22)36-27)33-12-15(2)35-16(3)13-33/h5-6,8-11,14-16,18H,7,12-13H2,1-4H3,(H,28,30)(H,29,32,34)/t14-,15+,16+,18+/m1/s1. The third-order valence-corrected chi connectivity index (χ3v) is 7.09. The third kappa shape index (κ3) is 4.13. The summed E-state index contributed by atoms with van der Waals surface area (Å²) in [6.45, 7) is 7.95. The number of amides is 1. The zero-order chi connectivity index (χ0) is 25.0. The molecule has 1 saturated carbocycles. The number of hydrogen-bond acceptors (Lipinski definition) is 8. The maximum absolute atomic E-state index is 12.5.